The number of hydrogen-bond acceptors (Lipinski definition) is 3. The van der Waals surface area contributed by atoms with Gasteiger partial charge in [-0.1, -0.05) is 0 Å². The summed E-state index contributed by atoms with van der Waals surface area (Å²) in [5, 5.41) is 12.6. The van der Waals surface area contributed by atoms with Crippen LogP contribution in [-0.2, 0) is 9.59 Å². The van der Waals surface area contributed by atoms with Crippen molar-refractivity contribution < 1.29 is 14.7 Å². The van der Waals surface area contributed by atoms with Gasteiger partial charge in [0.1, 0.15) is 5.54 Å². The van der Waals surface area contributed by atoms with Gasteiger partial charge in [-0.2, -0.15) is 0 Å². The van der Waals surface area contributed by atoms with Crippen LogP contribution in [0.25, 0.3) is 0 Å². The third kappa shape index (κ3) is 2.51. The average molecular weight is 254 g/mol. The molecule has 0 aromatic heterocycles. The second-order valence-electron chi connectivity index (χ2n) is 5.64. The maximum absolute atomic E-state index is 12.3. The Bertz CT molecular complexity index is 339. The van der Waals surface area contributed by atoms with Crippen molar-refractivity contribution in [2.75, 3.05) is 19.6 Å². The summed E-state index contributed by atoms with van der Waals surface area (Å²) < 4.78 is 0. The first-order chi connectivity index (χ1) is 8.54. The number of carbonyl (C=O) groups excluding carboxylic acids is 1. The number of nitrogens with one attached hydrogen (secondary N) is 1. The van der Waals surface area contributed by atoms with Gasteiger partial charge in [0, 0.05) is 13.0 Å². The first-order valence-corrected chi connectivity index (χ1v) is 6.78. The van der Waals surface area contributed by atoms with Crippen LogP contribution < -0.4 is 5.32 Å². The third-order valence-corrected chi connectivity index (χ3v) is 4.28. The quantitative estimate of drug-likeness (QED) is 0.783. The van der Waals surface area contributed by atoms with E-state index in [0.717, 1.165) is 32.4 Å². The van der Waals surface area contributed by atoms with Crippen molar-refractivity contribution in [3.05, 3.63) is 0 Å². The van der Waals surface area contributed by atoms with E-state index in [2.05, 4.69) is 5.32 Å². The third-order valence-electron chi connectivity index (χ3n) is 4.28. The summed E-state index contributed by atoms with van der Waals surface area (Å²) in [7, 11) is 0. The predicted molar refractivity (Wildman–Crippen MR) is 67.2 cm³/mol. The second kappa shape index (κ2) is 5.26. The fourth-order valence-electron chi connectivity index (χ4n) is 2.99. The lowest BCUT2D eigenvalue weighted by Gasteiger charge is -2.42. The lowest BCUT2D eigenvalue weighted by Crippen LogP contribution is -2.57. The van der Waals surface area contributed by atoms with Crippen LogP contribution in [0, 0.1) is 5.92 Å². The summed E-state index contributed by atoms with van der Waals surface area (Å²) >= 11 is 0. The molecule has 5 heteroatoms. The normalized spacial score (nSPS) is 32.5. The van der Waals surface area contributed by atoms with Crippen LogP contribution >= 0.6 is 0 Å². The molecule has 2 aliphatic heterocycles. The van der Waals surface area contributed by atoms with Gasteiger partial charge in [0.05, 0.1) is 0 Å². The van der Waals surface area contributed by atoms with Crippen molar-refractivity contribution in [1.82, 2.24) is 10.2 Å². The topological polar surface area (TPSA) is 69.6 Å². The highest BCUT2D eigenvalue weighted by Crippen LogP contribution is 2.30. The van der Waals surface area contributed by atoms with Crippen LogP contribution in [0.15, 0.2) is 0 Å². The van der Waals surface area contributed by atoms with Crippen molar-refractivity contribution in [1.29, 1.82) is 0 Å². The predicted octanol–water partition coefficient (Wildman–Crippen LogP) is 0.842. The maximum atomic E-state index is 12.3. The number of aliphatic carboxylic acids is 1. The highest BCUT2D eigenvalue weighted by Gasteiger charge is 2.44. The molecule has 2 atom stereocenters. The molecule has 0 aromatic carbocycles. The summed E-state index contributed by atoms with van der Waals surface area (Å²) in [5.41, 5.74) is -0.999. The Hall–Kier alpha value is -1.10. The molecule has 1 amide bonds. The Morgan fingerprint density at radius 3 is 2.83 bits per heavy atom. The van der Waals surface area contributed by atoms with Crippen molar-refractivity contribution >= 4 is 11.9 Å². The van der Waals surface area contributed by atoms with E-state index in [0.29, 0.717) is 25.3 Å². The number of likely N-dealkylation sites (tertiary alicyclic amines) is 1. The maximum Gasteiger partial charge on any atom is 0.329 e. The van der Waals surface area contributed by atoms with Crippen LogP contribution in [0.2, 0.25) is 0 Å². The van der Waals surface area contributed by atoms with Crippen molar-refractivity contribution in [3.63, 3.8) is 0 Å². The molecule has 2 aliphatic rings. The monoisotopic (exact) mass is 254 g/mol. The summed E-state index contributed by atoms with van der Waals surface area (Å²) in [4.78, 5) is 25.3. The van der Waals surface area contributed by atoms with Crippen molar-refractivity contribution in [3.8, 4) is 0 Å². The molecule has 2 unspecified atom stereocenters. The minimum absolute atomic E-state index is 0.00769. The van der Waals surface area contributed by atoms with E-state index in [1.165, 1.54) is 0 Å². The Balaban J connectivity index is 2.03. The summed E-state index contributed by atoms with van der Waals surface area (Å²) in [5.74, 6) is -0.495. The molecule has 0 saturated carbocycles. The zero-order valence-corrected chi connectivity index (χ0v) is 10.9. The van der Waals surface area contributed by atoms with Gasteiger partial charge < -0.3 is 15.3 Å². The van der Waals surface area contributed by atoms with Gasteiger partial charge in [0.25, 0.3) is 0 Å². The highest BCUT2D eigenvalue weighted by atomic mass is 16.4. The molecule has 2 N–H and O–H groups in total. The van der Waals surface area contributed by atoms with E-state index < -0.39 is 11.5 Å². The van der Waals surface area contributed by atoms with Gasteiger partial charge in [-0.3, -0.25) is 4.79 Å². The second-order valence-corrected chi connectivity index (χ2v) is 5.64. The van der Waals surface area contributed by atoms with Gasteiger partial charge in [0.15, 0.2) is 0 Å². The standard InChI is InChI=1S/C13H22N2O3/c1-13(12(17)18)5-2-3-7-15(13)11(16)8-10-4-6-14-9-10/h10,14H,2-9H2,1H3,(H,17,18). The molecule has 2 fully saturated rings. The van der Waals surface area contributed by atoms with Gasteiger partial charge in [-0.15, -0.1) is 0 Å². The number of rotatable bonds is 3. The number of nitrogens with zero attached hydrogens (tertiary/aromatic N) is 1. The summed E-state index contributed by atoms with van der Waals surface area (Å²) in [6.07, 6.45) is 3.87. The molecule has 0 aromatic rings. The smallest absolute Gasteiger partial charge is 0.329 e. The lowest BCUT2D eigenvalue weighted by atomic mass is 9.87. The van der Waals surface area contributed by atoms with Crippen LogP contribution in [0.3, 0.4) is 0 Å². The Kier molecular flexibility index (Phi) is 3.90. The Morgan fingerprint density at radius 2 is 2.22 bits per heavy atom. The summed E-state index contributed by atoms with van der Waals surface area (Å²) in [6.45, 7) is 4.11. The van der Waals surface area contributed by atoms with Crippen molar-refractivity contribution in [2.24, 2.45) is 5.92 Å². The average Bonchev–Trinajstić information content (AvgIpc) is 2.82. The van der Waals surface area contributed by atoms with Crippen LogP contribution in [0.4, 0.5) is 0 Å². The van der Waals surface area contributed by atoms with Gasteiger partial charge in [-0.25, -0.2) is 4.79 Å². The molecule has 0 bridgehead atoms. The van der Waals surface area contributed by atoms with E-state index in [4.69, 9.17) is 0 Å². The number of hydrogen-bond donors (Lipinski definition) is 2. The molecule has 2 saturated heterocycles. The molecule has 2 rings (SSSR count). The largest absolute Gasteiger partial charge is 0.480 e. The first kappa shape index (κ1) is 13.3. The van der Waals surface area contributed by atoms with Crippen molar-refractivity contribution in [2.45, 2.75) is 44.6 Å². The number of carboxylic acid groups (broad SMARTS) is 1. The zero-order chi connectivity index (χ0) is 13.2. The number of piperidine rings is 1. The fraction of sp³-hybridized carbons (Fsp3) is 0.846. The molecule has 18 heavy (non-hydrogen) atoms. The molecule has 2 heterocycles. The number of carbonyl (C=O) groups is 2. The van der Waals surface area contributed by atoms with E-state index in [1.54, 1.807) is 11.8 Å². The van der Waals surface area contributed by atoms with E-state index in [1.807, 2.05) is 0 Å². The number of amides is 1. The van der Waals surface area contributed by atoms with Gasteiger partial charge in [-0.05, 0) is 51.6 Å². The Morgan fingerprint density at radius 1 is 1.44 bits per heavy atom. The molecule has 0 spiro atoms. The fourth-order valence-corrected chi connectivity index (χ4v) is 2.99. The van der Waals surface area contributed by atoms with Crippen LogP contribution in [0.5, 0.6) is 0 Å². The first-order valence-electron chi connectivity index (χ1n) is 6.78. The van der Waals surface area contributed by atoms with Gasteiger partial charge in [0.2, 0.25) is 5.91 Å². The van der Waals surface area contributed by atoms with E-state index in [9.17, 15) is 14.7 Å². The van der Waals surface area contributed by atoms with E-state index in [-0.39, 0.29) is 5.91 Å². The molecular formula is C13H22N2O3. The van der Waals surface area contributed by atoms with Crippen LogP contribution in [0.1, 0.15) is 39.0 Å². The molecule has 5 nitrogen and oxygen atoms in total. The lowest BCUT2D eigenvalue weighted by molar-refractivity contribution is -0.161. The molecule has 0 aliphatic carbocycles. The SMILES string of the molecule is CC1(C(=O)O)CCCCN1C(=O)CC1CCNC1. The number of carboxylic acids is 1. The summed E-state index contributed by atoms with van der Waals surface area (Å²) in [6, 6.07) is 0. The van der Waals surface area contributed by atoms with Gasteiger partial charge >= 0.3 is 5.97 Å². The molecule has 102 valence electrons. The minimum Gasteiger partial charge on any atom is -0.480 e. The Labute approximate surface area is 108 Å². The van der Waals surface area contributed by atoms with E-state index >= 15 is 0 Å². The highest BCUT2D eigenvalue weighted by molar-refractivity contribution is 5.87. The zero-order valence-electron chi connectivity index (χ0n) is 10.9. The minimum atomic E-state index is -0.999. The molecule has 0 radical (unpaired) electrons. The van der Waals surface area contributed by atoms with Crippen LogP contribution in [-0.4, -0.2) is 47.1 Å². The molecular weight excluding hydrogens is 232 g/mol.